The lowest BCUT2D eigenvalue weighted by Crippen LogP contribution is -2.27. The highest BCUT2D eigenvalue weighted by molar-refractivity contribution is 6.06. The van der Waals surface area contributed by atoms with Crippen molar-refractivity contribution in [3.8, 4) is 0 Å². The van der Waals surface area contributed by atoms with Crippen LogP contribution < -0.4 is 11.5 Å². The Labute approximate surface area is 208 Å². The Kier molecular flexibility index (Phi) is 6.89. The number of aryl methyl sites for hydroxylation is 1. The minimum absolute atomic E-state index is 0.0314. The van der Waals surface area contributed by atoms with Gasteiger partial charge in [-0.15, -0.1) is 0 Å². The van der Waals surface area contributed by atoms with Crippen LogP contribution in [0.4, 0.5) is 5.82 Å². The second kappa shape index (κ2) is 9.59. The summed E-state index contributed by atoms with van der Waals surface area (Å²) in [5.74, 6) is 1.39. The number of anilines is 1. The van der Waals surface area contributed by atoms with E-state index in [9.17, 15) is 5.11 Å². The predicted molar refractivity (Wildman–Crippen MR) is 146 cm³/mol. The van der Waals surface area contributed by atoms with Crippen LogP contribution in [0, 0.1) is 0 Å². The molecule has 0 saturated heterocycles. The molecule has 4 aromatic rings. The molecule has 0 atom stereocenters. The molecule has 6 nitrogen and oxygen atoms in total. The molecule has 0 amide bonds. The van der Waals surface area contributed by atoms with Crippen LogP contribution in [-0.2, 0) is 24.8 Å². The van der Waals surface area contributed by atoms with E-state index in [1.165, 1.54) is 16.7 Å². The molecule has 0 aliphatic carbocycles. The van der Waals surface area contributed by atoms with Crippen molar-refractivity contribution in [3.05, 3.63) is 65.0 Å². The zero-order valence-electron chi connectivity index (χ0n) is 21.7. The van der Waals surface area contributed by atoms with Crippen molar-refractivity contribution in [3.63, 3.8) is 0 Å². The number of imidazole rings is 1. The van der Waals surface area contributed by atoms with Crippen LogP contribution in [-0.4, -0.2) is 31.8 Å². The summed E-state index contributed by atoms with van der Waals surface area (Å²) in [5.41, 5.74) is 17.6. The van der Waals surface area contributed by atoms with Crippen LogP contribution in [0.25, 0.3) is 21.9 Å². The minimum Gasteiger partial charge on any atom is -0.389 e. The van der Waals surface area contributed by atoms with Gasteiger partial charge in [-0.05, 0) is 49.4 Å². The van der Waals surface area contributed by atoms with Crippen LogP contribution in [0.2, 0.25) is 0 Å². The summed E-state index contributed by atoms with van der Waals surface area (Å²) in [6.07, 6.45) is 3.76. The third-order valence-corrected chi connectivity index (χ3v) is 6.80. The molecule has 2 heterocycles. The minimum atomic E-state index is -0.872. The number of rotatable bonds is 9. The van der Waals surface area contributed by atoms with E-state index < -0.39 is 5.60 Å². The molecule has 0 saturated carbocycles. The quantitative estimate of drug-likeness (QED) is 0.313. The van der Waals surface area contributed by atoms with Crippen LogP contribution in [0.15, 0.2) is 42.5 Å². The second-order valence-corrected chi connectivity index (χ2v) is 11.0. The zero-order valence-corrected chi connectivity index (χ0v) is 21.7. The van der Waals surface area contributed by atoms with Gasteiger partial charge < -0.3 is 21.1 Å². The smallest absolute Gasteiger partial charge is 0.152 e. The third kappa shape index (κ3) is 5.34. The predicted octanol–water partition coefficient (Wildman–Crippen LogP) is 5.11. The standard InChI is InChI=1S/C29H39N5O/c1-6-7-8-24-33-25-26(34(24)18-29(4,5)35)22-14-11-20(16-23(22)32-27(25)31)15-19-9-12-21(13-10-19)28(2,3)17-30/h9-14,16,35H,6-8,15,17-18,30H2,1-5H3,(H2,31,32). The molecule has 0 spiro atoms. The van der Waals surface area contributed by atoms with Crippen LogP contribution >= 0.6 is 0 Å². The number of nitrogens with two attached hydrogens (primary N) is 2. The van der Waals surface area contributed by atoms with Gasteiger partial charge in [-0.1, -0.05) is 63.6 Å². The maximum Gasteiger partial charge on any atom is 0.152 e. The van der Waals surface area contributed by atoms with Gasteiger partial charge in [0.05, 0.1) is 23.2 Å². The molecule has 2 aromatic heterocycles. The first-order valence-corrected chi connectivity index (χ1v) is 12.6. The van der Waals surface area contributed by atoms with Gasteiger partial charge >= 0.3 is 0 Å². The highest BCUT2D eigenvalue weighted by Crippen LogP contribution is 2.31. The summed E-state index contributed by atoms with van der Waals surface area (Å²) >= 11 is 0. The summed E-state index contributed by atoms with van der Waals surface area (Å²) in [5, 5.41) is 11.6. The highest BCUT2D eigenvalue weighted by Gasteiger charge is 2.22. The number of aromatic nitrogens is 3. The number of benzene rings is 2. The van der Waals surface area contributed by atoms with E-state index in [4.69, 9.17) is 21.4 Å². The van der Waals surface area contributed by atoms with E-state index in [2.05, 4.69) is 67.8 Å². The van der Waals surface area contributed by atoms with Gasteiger partial charge in [0.1, 0.15) is 11.3 Å². The van der Waals surface area contributed by atoms with Crippen molar-refractivity contribution >= 4 is 27.8 Å². The Balaban J connectivity index is 1.75. The number of aliphatic hydroxyl groups is 1. The SMILES string of the molecule is CCCCc1nc2c(N)nc3cc(Cc4ccc(C(C)(C)CN)cc4)ccc3c2n1CC(C)(C)O. The number of fused-ring (bicyclic) bond motifs is 3. The zero-order chi connectivity index (χ0) is 25.4. The molecule has 6 heteroatoms. The van der Waals surface area contributed by atoms with Gasteiger partial charge in [-0.25, -0.2) is 9.97 Å². The first-order valence-electron chi connectivity index (χ1n) is 12.6. The van der Waals surface area contributed by atoms with Crippen LogP contribution in [0.1, 0.15) is 70.0 Å². The molecule has 0 unspecified atom stereocenters. The molecule has 186 valence electrons. The number of nitrogens with zero attached hydrogens (tertiary/aromatic N) is 3. The Bertz CT molecular complexity index is 1330. The fourth-order valence-electron chi connectivity index (χ4n) is 4.62. The monoisotopic (exact) mass is 473 g/mol. The van der Waals surface area contributed by atoms with Crippen molar-refractivity contribution in [1.82, 2.24) is 14.5 Å². The molecule has 0 bridgehead atoms. The van der Waals surface area contributed by atoms with Gasteiger partial charge in [0.15, 0.2) is 5.82 Å². The maximum atomic E-state index is 10.6. The third-order valence-electron chi connectivity index (χ3n) is 6.80. The summed E-state index contributed by atoms with van der Waals surface area (Å²) in [4.78, 5) is 9.58. The Morgan fingerprint density at radius 2 is 1.66 bits per heavy atom. The van der Waals surface area contributed by atoms with Gasteiger partial charge in [0.2, 0.25) is 0 Å². The first-order chi connectivity index (χ1) is 16.5. The van der Waals surface area contributed by atoms with Crippen LogP contribution in [0.5, 0.6) is 0 Å². The Hall–Kier alpha value is -2.96. The molecular formula is C29H39N5O. The van der Waals surface area contributed by atoms with E-state index in [0.29, 0.717) is 18.9 Å². The molecule has 4 rings (SSSR count). The highest BCUT2D eigenvalue weighted by atomic mass is 16.3. The molecule has 0 aliphatic heterocycles. The Morgan fingerprint density at radius 3 is 2.29 bits per heavy atom. The normalized spacial score (nSPS) is 12.7. The van der Waals surface area contributed by atoms with Crippen molar-refractivity contribution in [2.75, 3.05) is 12.3 Å². The summed E-state index contributed by atoms with van der Waals surface area (Å²) in [7, 11) is 0. The number of hydrogen-bond donors (Lipinski definition) is 3. The van der Waals surface area contributed by atoms with Crippen molar-refractivity contribution in [2.24, 2.45) is 5.73 Å². The second-order valence-electron chi connectivity index (χ2n) is 11.0. The number of nitrogen functional groups attached to an aromatic ring is 1. The molecule has 2 aromatic carbocycles. The molecule has 0 fully saturated rings. The summed E-state index contributed by atoms with van der Waals surface area (Å²) in [6, 6.07) is 15.1. The van der Waals surface area contributed by atoms with Gasteiger partial charge in [-0.3, -0.25) is 0 Å². The topological polar surface area (TPSA) is 103 Å². The average Bonchev–Trinajstić information content (AvgIpc) is 3.15. The van der Waals surface area contributed by atoms with E-state index in [-0.39, 0.29) is 5.41 Å². The van der Waals surface area contributed by atoms with Crippen LogP contribution in [0.3, 0.4) is 0 Å². The largest absolute Gasteiger partial charge is 0.389 e. The van der Waals surface area contributed by atoms with Crippen molar-refractivity contribution < 1.29 is 5.11 Å². The summed E-state index contributed by atoms with van der Waals surface area (Å²) < 4.78 is 2.14. The molecule has 0 aliphatic rings. The fourth-order valence-corrected chi connectivity index (χ4v) is 4.62. The molecular weight excluding hydrogens is 434 g/mol. The Morgan fingerprint density at radius 1 is 0.971 bits per heavy atom. The van der Waals surface area contributed by atoms with E-state index in [0.717, 1.165) is 53.4 Å². The van der Waals surface area contributed by atoms with Gasteiger partial charge in [0.25, 0.3) is 0 Å². The van der Waals surface area contributed by atoms with Crippen molar-refractivity contribution in [2.45, 2.75) is 77.9 Å². The van der Waals surface area contributed by atoms with E-state index >= 15 is 0 Å². The lowest BCUT2D eigenvalue weighted by Gasteiger charge is -2.23. The molecule has 35 heavy (non-hydrogen) atoms. The maximum absolute atomic E-state index is 10.6. The number of pyridine rings is 1. The van der Waals surface area contributed by atoms with E-state index in [1.807, 2.05) is 13.8 Å². The van der Waals surface area contributed by atoms with Gasteiger partial charge in [-0.2, -0.15) is 0 Å². The van der Waals surface area contributed by atoms with Gasteiger partial charge in [0, 0.05) is 23.8 Å². The first kappa shape index (κ1) is 25.1. The average molecular weight is 474 g/mol. The fraction of sp³-hybridized carbons (Fsp3) is 0.448. The van der Waals surface area contributed by atoms with Crippen molar-refractivity contribution in [1.29, 1.82) is 0 Å². The number of unbranched alkanes of at least 4 members (excludes halogenated alkanes) is 1. The lowest BCUT2D eigenvalue weighted by atomic mass is 9.84. The van der Waals surface area contributed by atoms with E-state index in [1.54, 1.807) is 0 Å². The number of hydrogen-bond acceptors (Lipinski definition) is 5. The summed E-state index contributed by atoms with van der Waals surface area (Å²) in [6.45, 7) is 11.2. The lowest BCUT2D eigenvalue weighted by molar-refractivity contribution is 0.0618. The molecule has 5 N–H and O–H groups in total. The molecule has 0 radical (unpaired) electrons.